The molecule has 0 saturated carbocycles. The van der Waals surface area contributed by atoms with Crippen LogP contribution in [0.4, 0.5) is 5.13 Å². The second kappa shape index (κ2) is 10.0. The molecule has 0 aliphatic carbocycles. The van der Waals surface area contributed by atoms with Crippen LogP contribution in [0.1, 0.15) is 27.3 Å². The van der Waals surface area contributed by atoms with E-state index >= 15 is 0 Å². The zero-order chi connectivity index (χ0) is 23.3. The summed E-state index contributed by atoms with van der Waals surface area (Å²) < 4.78 is 11.1. The first-order chi connectivity index (χ1) is 16.7. The van der Waals surface area contributed by atoms with Crippen molar-refractivity contribution in [3.8, 4) is 5.75 Å². The van der Waals surface area contributed by atoms with E-state index in [1.54, 1.807) is 43.0 Å². The summed E-state index contributed by atoms with van der Waals surface area (Å²) in [4.78, 5) is 12.6. The molecule has 0 aliphatic heterocycles. The van der Waals surface area contributed by atoms with E-state index in [1.807, 2.05) is 12.1 Å². The van der Waals surface area contributed by atoms with Crippen molar-refractivity contribution < 1.29 is 14.2 Å². The Balaban J connectivity index is 1.16. The number of aryl methyl sites for hydroxylation is 1. The van der Waals surface area contributed by atoms with Crippen molar-refractivity contribution in [1.82, 2.24) is 20.5 Å². The Labute approximate surface area is 203 Å². The highest BCUT2D eigenvalue weighted by atomic mass is 32.2. The molecule has 0 unspecified atom stereocenters. The monoisotopic (exact) mass is 489 g/mol. The van der Waals surface area contributed by atoms with Crippen molar-refractivity contribution in [1.29, 1.82) is 0 Å². The van der Waals surface area contributed by atoms with Gasteiger partial charge in [-0.05, 0) is 47.5 Å². The summed E-state index contributed by atoms with van der Waals surface area (Å²) in [7, 11) is 0. The van der Waals surface area contributed by atoms with E-state index in [0.717, 1.165) is 10.1 Å². The standard InChI is InChI=1S/C24H19N5O3S2/c1-15-21(29-32-28-15)13-31-19-11-9-17(10-12-19)22(30)25-23-26-27-24(34-23)33-14-18-7-4-6-16-5-2-3-8-20(16)18/h2-12H,13-14H2,1H3,(H,25,26,30). The van der Waals surface area contributed by atoms with Gasteiger partial charge in [-0.2, -0.15) is 0 Å². The molecule has 0 saturated heterocycles. The van der Waals surface area contributed by atoms with Gasteiger partial charge in [0.25, 0.3) is 5.91 Å². The van der Waals surface area contributed by atoms with Crippen molar-refractivity contribution in [3.05, 3.63) is 89.2 Å². The van der Waals surface area contributed by atoms with E-state index in [2.05, 4.69) is 60.8 Å². The minimum Gasteiger partial charge on any atom is -0.487 e. The minimum atomic E-state index is -0.259. The molecule has 2 heterocycles. The number of benzene rings is 3. The Kier molecular flexibility index (Phi) is 6.50. The molecule has 34 heavy (non-hydrogen) atoms. The maximum Gasteiger partial charge on any atom is 0.257 e. The van der Waals surface area contributed by atoms with E-state index in [4.69, 9.17) is 4.74 Å². The topological polar surface area (TPSA) is 103 Å². The number of amides is 1. The zero-order valence-corrected chi connectivity index (χ0v) is 19.7. The predicted octanol–water partition coefficient (Wildman–Crippen LogP) is 5.51. The predicted molar refractivity (Wildman–Crippen MR) is 131 cm³/mol. The first kappa shape index (κ1) is 22.1. The van der Waals surface area contributed by atoms with E-state index in [-0.39, 0.29) is 12.5 Å². The molecule has 8 nitrogen and oxygen atoms in total. The number of anilines is 1. The molecule has 0 fully saturated rings. The normalized spacial score (nSPS) is 11.0. The number of hydrogen-bond donors (Lipinski definition) is 1. The largest absolute Gasteiger partial charge is 0.487 e. The van der Waals surface area contributed by atoms with E-state index in [1.165, 1.54) is 27.7 Å². The van der Waals surface area contributed by atoms with Crippen LogP contribution in [-0.4, -0.2) is 26.4 Å². The maximum absolute atomic E-state index is 12.6. The van der Waals surface area contributed by atoms with Crippen LogP contribution in [0.3, 0.4) is 0 Å². The third kappa shape index (κ3) is 5.08. The highest BCUT2D eigenvalue weighted by molar-refractivity contribution is 8.00. The third-order valence-electron chi connectivity index (χ3n) is 5.10. The Hall–Kier alpha value is -3.76. The van der Waals surface area contributed by atoms with Gasteiger partial charge in [0.05, 0.1) is 0 Å². The highest BCUT2D eigenvalue weighted by Gasteiger charge is 2.12. The summed E-state index contributed by atoms with van der Waals surface area (Å²) in [5, 5.41) is 21.5. The summed E-state index contributed by atoms with van der Waals surface area (Å²) in [5.41, 5.74) is 3.04. The molecule has 5 rings (SSSR count). The summed E-state index contributed by atoms with van der Waals surface area (Å²) in [6, 6.07) is 21.4. The van der Waals surface area contributed by atoms with Crippen LogP contribution in [0.15, 0.2) is 75.7 Å². The number of rotatable bonds is 8. The molecule has 0 spiro atoms. The van der Waals surface area contributed by atoms with Crippen LogP contribution < -0.4 is 10.1 Å². The lowest BCUT2D eigenvalue weighted by Gasteiger charge is -2.06. The fourth-order valence-electron chi connectivity index (χ4n) is 3.28. The number of nitrogens with one attached hydrogen (secondary N) is 1. The molecular formula is C24H19N5O3S2. The lowest BCUT2D eigenvalue weighted by molar-refractivity contribution is 0.102. The average Bonchev–Trinajstić information content (AvgIpc) is 3.50. The van der Waals surface area contributed by atoms with E-state index in [0.29, 0.717) is 27.8 Å². The van der Waals surface area contributed by atoms with Crippen molar-refractivity contribution in [2.24, 2.45) is 0 Å². The second-order valence-electron chi connectivity index (χ2n) is 7.36. The number of aromatic nitrogens is 4. The van der Waals surface area contributed by atoms with Crippen LogP contribution in [0.25, 0.3) is 10.8 Å². The van der Waals surface area contributed by atoms with Crippen molar-refractivity contribution in [2.45, 2.75) is 23.6 Å². The quantitative estimate of drug-likeness (QED) is 0.225. The van der Waals surface area contributed by atoms with Gasteiger partial charge in [0, 0.05) is 11.3 Å². The molecule has 1 N–H and O–H groups in total. The smallest absolute Gasteiger partial charge is 0.257 e. The first-order valence-corrected chi connectivity index (χ1v) is 12.2. The number of carbonyl (C=O) groups is 1. The fourth-order valence-corrected chi connectivity index (χ4v) is 5.03. The van der Waals surface area contributed by atoms with Gasteiger partial charge in [-0.3, -0.25) is 10.1 Å². The molecular weight excluding hydrogens is 470 g/mol. The summed E-state index contributed by atoms with van der Waals surface area (Å²) in [6.07, 6.45) is 0. The number of nitrogens with zero attached hydrogens (tertiary/aromatic N) is 4. The van der Waals surface area contributed by atoms with Gasteiger partial charge in [0.1, 0.15) is 23.7 Å². The van der Waals surface area contributed by atoms with Crippen LogP contribution in [0.5, 0.6) is 5.75 Å². The molecule has 5 aromatic rings. The lowest BCUT2D eigenvalue weighted by Crippen LogP contribution is -2.11. The number of hydrogen-bond acceptors (Lipinski definition) is 9. The summed E-state index contributed by atoms with van der Waals surface area (Å²) in [6.45, 7) is 2.04. The lowest BCUT2D eigenvalue weighted by atomic mass is 10.1. The van der Waals surface area contributed by atoms with Gasteiger partial charge >= 0.3 is 0 Å². The Morgan fingerprint density at radius 2 is 1.85 bits per heavy atom. The average molecular weight is 490 g/mol. The number of carbonyl (C=O) groups excluding carboxylic acids is 1. The molecule has 0 atom stereocenters. The minimum absolute atomic E-state index is 0.241. The van der Waals surface area contributed by atoms with Crippen molar-refractivity contribution >= 4 is 44.9 Å². The molecule has 0 bridgehead atoms. The zero-order valence-electron chi connectivity index (χ0n) is 18.1. The molecule has 1 amide bonds. The van der Waals surface area contributed by atoms with Crippen LogP contribution in [0, 0.1) is 6.92 Å². The van der Waals surface area contributed by atoms with E-state index in [9.17, 15) is 4.79 Å². The molecule has 3 aromatic carbocycles. The van der Waals surface area contributed by atoms with Gasteiger partial charge in [-0.25, -0.2) is 4.63 Å². The van der Waals surface area contributed by atoms with Gasteiger partial charge in [0.2, 0.25) is 5.13 Å². The highest BCUT2D eigenvalue weighted by Crippen LogP contribution is 2.31. The molecule has 10 heteroatoms. The molecule has 170 valence electrons. The molecule has 2 aromatic heterocycles. The Morgan fingerprint density at radius 3 is 2.68 bits per heavy atom. The van der Waals surface area contributed by atoms with Gasteiger partial charge in [-0.1, -0.05) is 75.9 Å². The van der Waals surface area contributed by atoms with Crippen molar-refractivity contribution in [2.75, 3.05) is 5.32 Å². The van der Waals surface area contributed by atoms with Gasteiger partial charge < -0.3 is 4.74 Å². The summed E-state index contributed by atoms with van der Waals surface area (Å²) >= 11 is 2.95. The van der Waals surface area contributed by atoms with Crippen LogP contribution in [-0.2, 0) is 12.4 Å². The van der Waals surface area contributed by atoms with Crippen LogP contribution in [0.2, 0.25) is 0 Å². The first-order valence-electron chi connectivity index (χ1n) is 10.4. The summed E-state index contributed by atoms with van der Waals surface area (Å²) in [5.74, 6) is 1.13. The van der Waals surface area contributed by atoms with Crippen LogP contribution >= 0.6 is 23.1 Å². The van der Waals surface area contributed by atoms with Gasteiger partial charge in [0.15, 0.2) is 4.34 Å². The third-order valence-corrected chi connectivity index (χ3v) is 7.12. The van der Waals surface area contributed by atoms with Gasteiger partial charge in [-0.15, -0.1) is 10.2 Å². The second-order valence-corrected chi connectivity index (χ2v) is 9.56. The van der Waals surface area contributed by atoms with Crippen molar-refractivity contribution in [3.63, 3.8) is 0 Å². The molecule has 0 aliphatic rings. The maximum atomic E-state index is 12.6. The Bertz CT molecular complexity index is 1430. The molecule has 0 radical (unpaired) electrons. The fraction of sp³-hybridized carbons (Fsp3) is 0.125. The number of ether oxygens (including phenoxy) is 1. The van der Waals surface area contributed by atoms with E-state index < -0.39 is 0 Å². The SMILES string of the molecule is Cc1nonc1COc1ccc(C(=O)Nc2nnc(SCc3cccc4ccccc34)s2)cc1. The Morgan fingerprint density at radius 1 is 1.03 bits per heavy atom. The number of thioether (sulfide) groups is 1. The number of fused-ring (bicyclic) bond motifs is 1.